The molecular weight excluding hydrogens is 272 g/mol. The molecule has 2 unspecified atom stereocenters. The van der Waals surface area contributed by atoms with Gasteiger partial charge in [-0.25, -0.2) is 9.59 Å². The lowest BCUT2D eigenvalue weighted by Crippen LogP contribution is -2.57. The second-order valence-electron chi connectivity index (χ2n) is 7.01. The highest BCUT2D eigenvalue weighted by atomic mass is 16.6. The lowest BCUT2D eigenvalue weighted by Gasteiger charge is -2.28. The standard InChI is InChI=1S/C15H28N2O4/c1-6-11(2)9-17-8-7-15(10-17,12(18)19)16-13(20)21-14(3,4)5/h11H,6-10H2,1-5H3,(H,16,20)(H,18,19). The van der Waals surface area contributed by atoms with Gasteiger partial charge in [0.05, 0.1) is 0 Å². The molecule has 0 saturated carbocycles. The number of carboxylic acids is 1. The summed E-state index contributed by atoms with van der Waals surface area (Å²) in [7, 11) is 0. The van der Waals surface area contributed by atoms with E-state index in [-0.39, 0.29) is 0 Å². The maximum Gasteiger partial charge on any atom is 0.408 e. The first-order valence-electron chi connectivity index (χ1n) is 7.55. The van der Waals surface area contributed by atoms with Crippen molar-refractivity contribution in [3.05, 3.63) is 0 Å². The highest BCUT2D eigenvalue weighted by Gasteiger charge is 2.46. The third kappa shape index (κ3) is 5.19. The van der Waals surface area contributed by atoms with Crippen LogP contribution in [0.15, 0.2) is 0 Å². The maximum atomic E-state index is 11.9. The van der Waals surface area contributed by atoms with Crippen LogP contribution in [0.3, 0.4) is 0 Å². The van der Waals surface area contributed by atoms with E-state index in [9.17, 15) is 14.7 Å². The van der Waals surface area contributed by atoms with Gasteiger partial charge >= 0.3 is 12.1 Å². The van der Waals surface area contributed by atoms with Crippen LogP contribution in [0.5, 0.6) is 0 Å². The molecule has 0 bridgehead atoms. The summed E-state index contributed by atoms with van der Waals surface area (Å²) in [5, 5.41) is 12.1. The third-order valence-electron chi connectivity index (χ3n) is 3.76. The molecule has 122 valence electrons. The fourth-order valence-electron chi connectivity index (χ4n) is 2.44. The number of hydrogen-bond acceptors (Lipinski definition) is 4. The van der Waals surface area contributed by atoms with Gasteiger partial charge in [0.1, 0.15) is 5.60 Å². The molecule has 1 heterocycles. The highest BCUT2D eigenvalue weighted by molar-refractivity contribution is 5.85. The van der Waals surface area contributed by atoms with Crippen LogP contribution >= 0.6 is 0 Å². The largest absolute Gasteiger partial charge is 0.479 e. The van der Waals surface area contributed by atoms with Gasteiger partial charge in [-0.05, 0) is 33.1 Å². The fourth-order valence-corrected chi connectivity index (χ4v) is 2.44. The lowest BCUT2D eigenvalue weighted by atomic mass is 9.99. The normalized spacial score (nSPS) is 24.6. The van der Waals surface area contributed by atoms with E-state index in [0.717, 1.165) is 13.0 Å². The number of hydrogen-bond donors (Lipinski definition) is 2. The summed E-state index contributed by atoms with van der Waals surface area (Å²) in [6.07, 6.45) is 0.781. The van der Waals surface area contributed by atoms with Gasteiger partial charge < -0.3 is 20.1 Å². The van der Waals surface area contributed by atoms with Gasteiger partial charge in [0.2, 0.25) is 0 Å². The summed E-state index contributed by atoms with van der Waals surface area (Å²) in [6, 6.07) is 0. The van der Waals surface area contributed by atoms with Gasteiger partial charge in [-0.3, -0.25) is 0 Å². The van der Waals surface area contributed by atoms with Crippen LogP contribution < -0.4 is 5.32 Å². The maximum absolute atomic E-state index is 11.9. The molecule has 2 atom stereocenters. The van der Waals surface area contributed by atoms with Crippen LogP contribution in [0.25, 0.3) is 0 Å². The van der Waals surface area contributed by atoms with E-state index in [1.807, 2.05) is 0 Å². The first-order valence-corrected chi connectivity index (χ1v) is 7.55. The molecule has 6 nitrogen and oxygen atoms in total. The lowest BCUT2D eigenvalue weighted by molar-refractivity contribution is -0.144. The zero-order chi connectivity index (χ0) is 16.3. The number of nitrogens with one attached hydrogen (secondary N) is 1. The number of alkyl carbamates (subject to hydrolysis) is 1. The number of nitrogens with zero attached hydrogens (tertiary/aromatic N) is 1. The number of carbonyl (C=O) groups excluding carboxylic acids is 1. The van der Waals surface area contributed by atoms with Gasteiger partial charge in [-0.1, -0.05) is 20.3 Å². The van der Waals surface area contributed by atoms with E-state index in [2.05, 4.69) is 24.1 Å². The SMILES string of the molecule is CCC(C)CN1CCC(NC(=O)OC(C)(C)C)(C(=O)O)C1. The van der Waals surface area contributed by atoms with Crippen molar-refractivity contribution in [1.29, 1.82) is 0 Å². The minimum absolute atomic E-state index is 0.325. The van der Waals surface area contributed by atoms with Gasteiger partial charge in [0.15, 0.2) is 5.54 Å². The minimum atomic E-state index is -1.24. The van der Waals surface area contributed by atoms with Crippen molar-refractivity contribution < 1.29 is 19.4 Å². The summed E-state index contributed by atoms with van der Waals surface area (Å²) in [5.41, 5.74) is -1.88. The Bertz CT molecular complexity index is 392. The van der Waals surface area contributed by atoms with Crippen molar-refractivity contribution in [1.82, 2.24) is 10.2 Å². The Morgan fingerprint density at radius 1 is 1.43 bits per heavy atom. The van der Waals surface area contributed by atoms with Crippen LogP contribution in [0, 0.1) is 5.92 Å². The number of carboxylic acid groups (broad SMARTS) is 1. The fraction of sp³-hybridized carbons (Fsp3) is 0.867. The Hall–Kier alpha value is -1.30. The van der Waals surface area contributed by atoms with E-state index in [1.165, 1.54) is 0 Å². The average Bonchev–Trinajstić information content (AvgIpc) is 2.70. The first-order chi connectivity index (χ1) is 9.58. The zero-order valence-electron chi connectivity index (χ0n) is 13.7. The molecular formula is C15H28N2O4. The van der Waals surface area contributed by atoms with E-state index in [0.29, 0.717) is 25.4 Å². The van der Waals surface area contributed by atoms with Crippen molar-refractivity contribution >= 4 is 12.1 Å². The topological polar surface area (TPSA) is 78.9 Å². The molecule has 1 fully saturated rings. The number of ether oxygens (including phenoxy) is 1. The number of amides is 1. The molecule has 0 aliphatic carbocycles. The van der Waals surface area contributed by atoms with Gasteiger partial charge in [-0.2, -0.15) is 0 Å². The monoisotopic (exact) mass is 300 g/mol. The average molecular weight is 300 g/mol. The van der Waals surface area contributed by atoms with Gasteiger partial charge in [0.25, 0.3) is 0 Å². The van der Waals surface area contributed by atoms with Gasteiger partial charge in [-0.15, -0.1) is 0 Å². The molecule has 2 N–H and O–H groups in total. The van der Waals surface area contributed by atoms with E-state index < -0.39 is 23.2 Å². The first kappa shape index (κ1) is 17.8. The van der Waals surface area contributed by atoms with Crippen LogP contribution in [-0.2, 0) is 9.53 Å². The predicted molar refractivity (Wildman–Crippen MR) is 80.2 cm³/mol. The molecule has 1 aliphatic heterocycles. The number of likely N-dealkylation sites (tertiary alicyclic amines) is 1. The molecule has 21 heavy (non-hydrogen) atoms. The van der Waals surface area contributed by atoms with Crippen molar-refractivity contribution in [3.63, 3.8) is 0 Å². The molecule has 1 saturated heterocycles. The quantitative estimate of drug-likeness (QED) is 0.813. The van der Waals surface area contributed by atoms with Crippen molar-refractivity contribution in [2.45, 2.75) is 58.6 Å². The summed E-state index contributed by atoms with van der Waals surface area (Å²) in [4.78, 5) is 25.6. The zero-order valence-corrected chi connectivity index (χ0v) is 13.7. The molecule has 1 aliphatic rings. The Balaban J connectivity index is 2.69. The second-order valence-corrected chi connectivity index (χ2v) is 7.01. The number of carbonyl (C=O) groups is 2. The molecule has 1 rings (SSSR count). The van der Waals surface area contributed by atoms with Crippen LogP contribution in [0.4, 0.5) is 4.79 Å². The summed E-state index contributed by atoms with van der Waals surface area (Å²) in [5.74, 6) is -0.490. The second kappa shape index (κ2) is 6.64. The van der Waals surface area contributed by atoms with Crippen LogP contribution in [0.2, 0.25) is 0 Å². The Morgan fingerprint density at radius 2 is 2.05 bits per heavy atom. The highest BCUT2D eigenvalue weighted by Crippen LogP contribution is 2.24. The van der Waals surface area contributed by atoms with Crippen molar-refractivity contribution in [2.75, 3.05) is 19.6 Å². The van der Waals surface area contributed by atoms with Crippen LogP contribution in [-0.4, -0.2) is 52.8 Å². The predicted octanol–water partition coefficient (Wildman–Crippen LogP) is 2.09. The van der Waals surface area contributed by atoms with E-state index >= 15 is 0 Å². The molecule has 0 radical (unpaired) electrons. The molecule has 0 aromatic rings. The van der Waals surface area contributed by atoms with E-state index in [1.54, 1.807) is 20.8 Å². The molecule has 6 heteroatoms. The van der Waals surface area contributed by atoms with Crippen molar-refractivity contribution in [3.8, 4) is 0 Å². The summed E-state index contributed by atoms with van der Waals surface area (Å²) in [6.45, 7) is 11.4. The Morgan fingerprint density at radius 3 is 2.52 bits per heavy atom. The Labute approximate surface area is 126 Å². The Kier molecular flexibility index (Phi) is 5.61. The summed E-state index contributed by atoms with van der Waals surface area (Å²) >= 11 is 0. The summed E-state index contributed by atoms with van der Waals surface area (Å²) < 4.78 is 5.18. The molecule has 0 spiro atoms. The third-order valence-corrected chi connectivity index (χ3v) is 3.76. The molecule has 1 amide bonds. The van der Waals surface area contributed by atoms with Crippen molar-refractivity contribution in [2.24, 2.45) is 5.92 Å². The van der Waals surface area contributed by atoms with Gasteiger partial charge in [0, 0.05) is 19.6 Å². The smallest absolute Gasteiger partial charge is 0.408 e. The minimum Gasteiger partial charge on any atom is -0.479 e. The van der Waals surface area contributed by atoms with Crippen LogP contribution in [0.1, 0.15) is 47.5 Å². The number of rotatable bonds is 5. The number of aliphatic carboxylic acids is 1. The molecule has 0 aromatic carbocycles. The molecule has 0 aromatic heterocycles. The van der Waals surface area contributed by atoms with E-state index in [4.69, 9.17) is 4.74 Å².